The lowest BCUT2D eigenvalue weighted by Crippen LogP contribution is -2.41. The summed E-state index contributed by atoms with van der Waals surface area (Å²) < 4.78 is 0. The molecular weight excluding hydrogens is 250 g/mol. The Hall–Kier alpha value is -1.71. The fourth-order valence-electron chi connectivity index (χ4n) is 3.23. The van der Waals surface area contributed by atoms with Crippen molar-refractivity contribution in [3.05, 3.63) is 29.3 Å². The van der Waals surface area contributed by atoms with Gasteiger partial charge in [-0.05, 0) is 44.2 Å². The van der Waals surface area contributed by atoms with E-state index >= 15 is 0 Å². The van der Waals surface area contributed by atoms with Crippen LogP contribution >= 0.6 is 0 Å². The van der Waals surface area contributed by atoms with Gasteiger partial charge in [-0.25, -0.2) is 0 Å². The third-order valence-electron chi connectivity index (χ3n) is 4.16. The molecule has 1 fully saturated rings. The Kier molecular flexibility index (Phi) is 4.88. The number of anilines is 1. The van der Waals surface area contributed by atoms with E-state index in [4.69, 9.17) is 10.9 Å². The molecule has 1 heterocycles. The average molecular weight is 275 g/mol. The summed E-state index contributed by atoms with van der Waals surface area (Å²) in [5, 5.41) is 12.2. The maximum absolute atomic E-state index is 9.02. The lowest BCUT2D eigenvalue weighted by atomic mass is 9.95. The molecule has 0 radical (unpaired) electrons. The molecule has 2 rings (SSSR count). The molecule has 1 aromatic carbocycles. The topological polar surface area (TPSA) is 61.8 Å². The Morgan fingerprint density at radius 1 is 1.45 bits per heavy atom. The number of hydrogen-bond acceptors (Lipinski definition) is 3. The number of rotatable bonds is 4. The summed E-state index contributed by atoms with van der Waals surface area (Å²) in [6, 6.07) is 6.57. The van der Waals surface area contributed by atoms with Crippen molar-refractivity contribution in [1.29, 1.82) is 0 Å². The van der Waals surface area contributed by atoms with Gasteiger partial charge < -0.3 is 15.8 Å². The summed E-state index contributed by atoms with van der Waals surface area (Å²) in [6.07, 6.45) is 6.13. The first-order valence-corrected chi connectivity index (χ1v) is 7.53. The van der Waals surface area contributed by atoms with E-state index in [-0.39, 0.29) is 5.84 Å². The van der Waals surface area contributed by atoms with Crippen molar-refractivity contribution < 1.29 is 5.21 Å². The molecule has 1 aromatic rings. The van der Waals surface area contributed by atoms with Crippen LogP contribution in [0.5, 0.6) is 0 Å². The molecule has 3 N–H and O–H groups in total. The third-order valence-corrected chi connectivity index (χ3v) is 4.16. The minimum absolute atomic E-state index is 0.199. The second-order valence-electron chi connectivity index (χ2n) is 5.59. The minimum Gasteiger partial charge on any atom is -0.409 e. The standard InChI is InChI=1S/C16H25N3O/c1-3-7-13-9-4-5-11-19(13)15-12(2)8-6-10-14(15)16(17)18-20/h6,8,10,13,20H,3-5,7,9,11H2,1-2H3,(H2,17,18). The lowest BCUT2D eigenvalue weighted by Gasteiger charge is -2.39. The Morgan fingerprint density at radius 2 is 2.25 bits per heavy atom. The quantitative estimate of drug-likeness (QED) is 0.384. The maximum atomic E-state index is 9.02. The molecule has 0 saturated carbocycles. The Labute approximate surface area is 121 Å². The monoisotopic (exact) mass is 275 g/mol. The lowest BCUT2D eigenvalue weighted by molar-refractivity contribution is 0.318. The predicted octanol–water partition coefficient (Wildman–Crippen LogP) is 3.25. The molecule has 0 amide bonds. The molecule has 20 heavy (non-hydrogen) atoms. The number of piperidine rings is 1. The maximum Gasteiger partial charge on any atom is 0.172 e. The van der Waals surface area contributed by atoms with Crippen LogP contribution in [0.3, 0.4) is 0 Å². The number of hydrogen-bond donors (Lipinski definition) is 2. The average Bonchev–Trinajstić information content (AvgIpc) is 2.47. The van der Waals surface area contributed by atoms with Gasteiger partial charge in [0.15, 0.2) is 5.84 Å². The molecule has 1 saturated heterocycles. The van der Waals surface area contributed by atoms with Crippen LogP contribution in [0.2, 0.25) is 0 Å². The highest BCUT2D eigenvalue weighted by Crippen LogP contribution is 2.32. The first-order chi connectivity index (χ1) is 9.69. The normalized spacial score (nSPS) is 20.2. The summed E-state index contributed by atoms with van der Waals surface area (Å²) in [7, 11) is 0. The SMILES string of the molecule is CCCC1CCCCN1c1c(C)cccc1/C(N)=N/O. The van der Waals surface area contributed by atoms with E-state index in [2.05, 4.69) is 30.0 Å². The molecule has 0 aliphatic carbocycles. The fraction of sp³-hybridized carbons (Fsp3) is 0.562. The Morgan fingerprint density at radius 3 is 2.95 bits per heavy atom. The van der Waals surface area contributed by atoms with E-state index in [9.17, 15) is 0 Å². The molecule has 4 nitrogen and oxygen atoms in total. The number of nitrogens with zero attached hydrogens (tertiary/aromatic N) is 2. The zero-order chi connectivity index (χ0) is 14.5. The van der Waals surface area contributed by atoms with E-state index in [0.29, 0.717) is 6.04 Å². The molecule has 4 heteroatoms. The van der Waals surface area contributed by atoms with Gasteiger partial charge in [-0.1, -0.05) is 30.6 Å². The third kappa shape index (κ3) is 2.89. The largest absolute Gasteiger partial charge is 0.409 e. The second-order valence-corrected chi connectivity index (χ2v) is 5.59. The van der Waals surface area contributed by atoms with Gasteiger partial charge in [-0.3, -0.25) is 0 Å². The summed E-state index contributed by atoms with van der Waals surface area (Å²) in [4.78, 5) is 2.47. The van der Waals surface area contributed by atoms with Crippen LogP contribution in [0.1, 0.15) is 50.2 Å². The van der Waals surface area contributed by atoms with E-state index in [1.807, 2.05) is 12.1 Å². The first-order valence-electron chi connectivity index (χ1n) is 7.53. The van der Waals surface area contributed by atoms with Crippen LogP contribution in [0, 0.1) is 6.92 Å². The number of amidine groups is 1. The van der Waals surface area contributed by atoms with Gasteiger partial charge in [0.05, 0.1) is 5.69 Å². The fourth-order valence-corrected chi connectivity index (χ4v) is 3.23. The van der Waals surface area contributed by atoms with Gasteiger partial charge >= 0.3 is 0 Å². The van der Waals surface area contributed by atoms with Crippen LogP contribution in [0.4, 0.5) is 5.69 Å². The molecule has 0 bridgehead atoms. The highest BCUT2D eigenvalue weighted by Gasteiger charge is 2.25. The van der Waals surface area contributed by atoms with Gasteiger partial charge in [-0.15, -0.1) is 0 Å². The number of aryl methyl sites for hydroxylation is 1. The van der Waals surface area contributed by atoms with Crippen molar-refractivity contribution in [2.45, 2.75) is 52.0 Å². The molecule has 0 aromatic heterocycles. The minimum atomic E-state index is 0.199. The highest BCUT2D eigenvalue weighted by atomic mass is 16.4. The number of nitrogens with two attached hydrogens (primary N) is 1. The molecule has 1 atom stereocenters. The summed E-state index contributed by atoms with van der Waals surface area (Å²) in [5.41, 5.74) is 9.04. The molecule has 1 aliphatic heterocycles. The number of oxime groups is 1. The van der Waals surface area contributed by atoms with Crippen molar-refractivity contribution in [2.24, 2.45) is 10.9 Å². The van der Waals surface area contributed by atoms with Crippen LogP contribution < -0.4 is 10.6 Å². The molecular formula is C16H25N3O. The van der Waals surface area contributed by atoms with Gasteiger partial charge in [0.25, 0.3) is 0 Å². The summed E-state index contributed by atoms with van der Waals surface area (Å²) in [6.45, 7) is 5.39. The van der Waals surface area contributed by atoms with Gasteiger partial charge in [0.1, 0.15) is 0 Å². The molecule has 1 aliphatic rings. The van der Waals surface area contributed by atoms with E-state index < -0.39 is 0 Å². The van der Waals surface area contributed by atoms with Crippen molar-refractivity contribution in [1.82, 2.24) is 0 Å². The van der Waals surface area contributed by atoms with Crippen LogP contribution in [-0.2, 0) is 0 Å². The zero-order valence-electron chi connectivity index (χ0n) is 12.5. The van der Waals surface area contributed by atoms with Crippen LogP contribution in [0.25, 0.3) is 0 Å². The van der Waals surface area contributed by atoms with Crippen molar-refractivity contribution in [2.75, 3.05) is 11.4 Å². The number of benzene rings is 1. The number of para-hydroxylation sites is 1. The Bertz CT molecular complexity index is 483. The van der Waals surface area contributed by atoms with Gasteiger partial charge in [0, 0.05) is 18.2 Å². The summed E-state index contributed by atoms with van der Waals surface area (Å²) >= 11 is 0. The van der Waals surface area contributed by atoms with Crippen LogP contribution in [0.15, 0.2) is 23.4 Å². The van der Waals surface area contributed by atoms with E-state index in [1.54, 1.807) is 0 Å². The Balaban J connectivity index is 2.43. The molecule has 1 unspecified atom stereocenters. The van der Waals surface area contributed by atoms with Crippen molar-refractivity contribution in [3.8, 4) is 0 Å². The van der Waals surface area contributed by atoms with Gasteiger partial charge in [0.2, 0.25) is 0 Å². The van der Waals surface area contributed by atoms with Crippen LogP contribution in [-0.4, -0.2) is 23.6 Å². The van der Waals surface area contributed by atoms with Crippen molar-refractivity contribution >= 4 is 11.5 Å². The molecule has 0 spiro atoms. The van der Waals surface area contributed by atoms with Crippen molar-refractivity contribution in [3.63, 3.8) is 0 Å². The summed E-state index contributed by atoms with van der Waals surface area (Å²) in [5.74, 6) is 0.199. The van der Waals surface area contributed by atoms with E-state index in [0.717, 1.165) is 17.8 Å². The van der Waals surface area contributed by atoms with Gasteiger partial charge in [-0.2, -0.15) is 0 Å². The first kappa shape index (κ1) is 14.7. The highest BCUT2D eigenvalue weighted by molar-refractivity contribution is 6.02. The van der Waals surface area contributed by atoms with E-state index in [1.165, 1.54) is 37.7 Å². The second kappa shape index (κ2) is 6.64. The smallest absolute Gasteiger partial charge is 0.172 e. The molecule has 110 valence electrons. The predicted molar refractivity (Wildman–Crippen MR) is 83.6 cm³/mol. The zero-order valence-corrected chi connectivity index (χ0v) is 12.5.